The Morgan fingerprint density at radius 2 is 2.10 bits per heavy atom. The Morgan fingerprint density at radius 3 is 2.80 bits per heavy atom. The maximum absolute atomic E-state index is 4.83. The number of nitrogens with zero attached hydrogens (tertiary/aromatic N) is 2. The molecule has 1 aliphatic rings. The highest BCUT2D eigenvalue weighted by atomic mass is 15.1. The summed E-state index contributed by atoms with van der Waals surface area (Å²) in [4.78, 5) is 4.83. The number of likely N-dealkylation sites (N-methyl/N-ethyl adjacent to an activating group) is 1. The van der Waals surface area contributed by atoms with Gasteiger partial charge in [0.05, 0.1) is 11.0 Å². The van der Waals surface area contributed by atoms with Crippen LogP contribution in [0, 0.1) is 5.92 Å². The number of para-hydroxylation sites is 2. The number of hydrogen-bond donors (Lipinski definition) is 1. The zero-order chi connectivity index (χ0) is 13.9. The van der Waals surface area contributed by atoms with E-state index < -0.39 is 0 Å². The summed E-state index contributed by atoms with van der Waals surface area (Å²) in [6.45, 7) is 6.55. The first-order valence-corrected chi connectivity index (χ1v) is 8.01. The second kappa shape index (κ2) is 5.96. The van der Waals surface area contributed by atoms with Gasteiger partial charge in [0, 0.05) is 19.0 Å². The molecule has 0 amide bonds. The van der Waals surface area contributed by atoms with Gasteiger partial charge in [-0.2, -0.15) is 0 Å². The molecule has 0 spiro atoms. The van der Waals surface area contributed by atoms with E-state index in [2.05, 4.69) is 48.0 Å². The Bertz CT molecular complexity index is 569. The molecule has 3 heteroatoms. The number of benzene rings is 1. The van der Waals surface area contributed by atoms with Gasteiger partial charge in [-0.25, -0.2) is 4.98 Å². The lowest BCUT2D eigenvalue weighted by Gasteiger charge is -2.20. The minimum Gasteiger partial charge on any atom is -0.326 e. The molecular formula is C17H25N3. The minimum atomic E-state index is 0.605. The zero-order valence-corrected chi connectivity index (χ0v) is 12.6. The van der Waals surface area contributed by atoms with E-state index in [-0.39, 0.29) is 0 Å². The van der Waals surface area contributed by atoms with Gasteiger partial charge in [0.25, 0.3) is 0 Å². The number of imidazole rings is 1. The Kier molecular flexibility index (Phi) is 4.06. The fraction of sp³-hybridized carbons (Fsp3) is 0.588. The highest BCUT2D eigenvalue weighted by Gasteiger charge is 2.31. The molecule has 0 aliphatic heterocycles. The third-order valence-electron chi connectivity index (χ3n) is 4.24. The molecule has 3 nitrogen and oxygen atoms in total. The van der Waals surface area contributed by atoms with Crippen LogP contribution in [-0.2, 0) is 13.0 Å². The minimum absolute atomic E-state index is 0.605. The highest BCUT2D eigenvalue weighted by Crippen LogP contribution is 2.34. The van der Waals surface area contributed by atoms with Gasteiger partial charge in [0.15, 0.2) is 0 Å². The lowest BCUT2D eigenvalue weighted by atomic mass is 10.1. The van der Waals surface area contributed by atoms with E-state index in [4.69, 9.17) is 4.98 Å². The van der Waals surface area contributed by atoms with E-state index >= 15 is 0 Å². The summed E-state index contributed by atoms with van der Waals surface area (Å²) in [5.74, 6) is 2.11. The molecule has 1 heterocycles. The molecule has 20 heavy (non-hydrogen) atoms. The smallest absolute Gasteiger partial charge is 0.109 e. The van der Waals surface area contributed by atoms with Gasteiger partial charge in [-0.1, -0.05) is 26.0 Å². The third kappa shape index (κ3) is 2.73. The fourth-order valence-electron chi connectivity index (χ4n) is 3.08. The average molecular weight is 271 g/mol. The predicted molar refractivity (Wildman–Crippen MR) is 83.9 cm³/mol. The molecule has 1 aliphatic carbocycles. The van der Waals surface area contributed by atoms with Crippen molar-refractivity contribution in [2.75, 3.05) is 6.54 Å². The van der Waals surface area contributed by atoms with E-state index in [1.807, 2.05) is 0 Å². The SMILES string of the molecule is CCCc1nc2ccccc2n1CC(NCC)C1CC1. The van der Waals surface area contributed by atoms with Crippen molar-refractivity contribution in [1.29, 1.82) is 0 Å². The fourth-order valence-corrected chi connectivity index (χ4v) is 3.08. The summed E-state index contributed by atoms with van der Waals surface area (Å²) in [5.41, 5.74) is 2.43. The van der Waals surface area contributed by atoms with E-state index in [9.17, 15) is 0 Å². The van der Waals surface area contributed by atoms with Gasteiger partial charge in [-0.3, -0.25) is 0 Å². The normalized spacial score (nSPS) is 16.7. The van der Waals surface area contributed by atoms with Crippen LogP contribution in [0.25, 0.3) is 11.0 Å². The summed E-state index contributed by atoms with van der Waals surface area (Å²) in [6.07, 6.45) is 4.98. The molecule has 1 saturated carbocycles. The van der Waals surface area contributed by atoms with Crippen molar-refractivity contribution in [3.8, 4) is 0 Å². The molecule has 2 aromatic rings. The number of fused-ring (bicyclic) bond motifs is 1. The van der Waals surface area contributed by atoms with Crippen molar-refractivity contribution in [2.24, 2.45) is 5.92 Å². The summed E-state index contributed by atoms with van der Waals surface area (Å²) in [7, 11) is 0. The van der Waals surface area contributed by atoms with Crippen LogP contribution < -0.4 is 5.32 Å². The first kappa shape index (κ1) is 13.6. The zero-order valence-electron chi connectivity index (χ0n) is 12.6. The van der Waals surface area contributed by atoms with Crippen molar-refractivity contribution < 1.29 is 0 Å². The number of aromatic nitrogens is 2. The van der Waals surface area contributed by atoms with E-state index in [0.29, 0.717) is 6.04 Å². The Morgan fingerprint density at radius 1 is 1.30 bits per heavy atom. The molecule has 0 radical (unpaired) electrons. The Labute approximate surface area is 121 Å². The van der Waals surface area contributed by atoms with Crippen LogP contribution in [0.4, 0.5) is 0 Å². The molecule has 1 aromatic heterocycles. The molecule has 1 N–H and O–H groups in total. The first-order chi connectivity index (χ1) is 9.83. The molecular weight excluding hydrogens is 246 g/mol. The van der Waals surface area contributed by atoms with Crippen molar-refractivity contribution in [1.82, 2.24) is 14.9 Å². The number of nitrogens with one attached hydrogen (secondary N) is 1. The van der Waals surface area contributed by atoms with Crippen LogP contribution in [0.1, 0.15) is 38.9 Å². The van der Waals surface area contributed by atoms with Gasteiger partial charge in [-0.05, 0) is 43.9 Å². The van der Waals surface area contributed by atoms with Gasteiger partial charge >= 0.3 is 0 Å². The molecule has 1 aromatic carbocycles. The first-order valence-electron chi connectivity index (χ1n) is 8.01. The summed E-state index contributed by atoms with van der Waals surface area (Å²) < 4.78 is 2.45. The molecule has 108 valence electrons. The van der Waals surface area contributed by atoms with Gasteiger partial charge < -0.3 is 9.88 Å². The van der Waals surface area contributed by atoms with Crippen LogP contribution >= 0.6 is 0 Å². The van der Waals surface area contributed by atoms with Gasteiger partial charge in [0.2, 0.25) is 0 Å². The van der Waals surface area contributed by atoms with Crippen LogP contribution in [-0.4, -0.2) is 22.1 Å². The Balaban J connectivity index is 1.92. The standard InChI is InChI=1S/C17H25N3/c1-3-7-17-19-14-8-5-6-9-16(14)20(17)12-15(18-4-2)13-10-11-13/h5-6,8-9,13,15,18H,3-4,7,10-12H2,1-2H3. The second-order valence-electron chi connectivity index (χ2n) is 5.88. The largest absolute Gasteiger partial charge is 0.326 e. The molecule has 1 fully saturated rings. The maximum Gasteiger partial charge on any atom is 0.109 e. The number of aryl methyl sites for hydroxylation is 1. The van der Waals surface area contributed by atoms with Gasteiger partial charge in [-0.15, -0.1) is 0 Å². The van der Waals surface area contributed by atoms with E-state index in [1.54, 1.807) is 0 Å². The number of hydrogen-bond acceptors (Lipinski definition) is 2. The van der Waals surface area contributed by atoms with E-state index in [0.717, 1.165) is 37.4 Å². The molecule has 0 saturated heterocycles. The lowest BCUT2D eigenvalue weighted by molar-refractivity contribution is 0.414. The van der Waals surface area contributed by atoms with Crippen LogP contribution in [0.2, 0.25) is 0 Å². The molecule has 3 rings (SSSR count). The van der Waals surface area contributed by atoms with Crippen molar-refractivity contribution >= 4 is 11.0 Å². The third-order valence-corrected chi connectivity index (χ3v) is 4.24. The maximum atomic E-state index is 4.83. The average Bonchev–Trinajstić information content (AvgIpc) is 3.24. The monoisotopic (exact) mass is 271 g/mol. The van der Waals surface area contributed by atoms with Crippen LogP contribution in [0.15, 0.2) is 24.3 Å². The summed E-state index contributed by atoms with van der Waals surface area (Å²) in [5, 5.41) is 3.67. The van der Waals surface area contributed by atoms with Gasteiger partial charge in [0.1, 0.15) is 5.82 Å². The van der Waals surface area contributed by atoms with Crippen molar-refractivity contribution in [2.45, 2.75) is 52.1 Å². The van der Waals surface area contributed by atoms with Crippen molar-refractivity contribution in [3.05, 3.63) is 30.1 Å². The lowest BCUT2D eigenvalue weighted by Crippen LogP contribution is -2.35. The summed E-state index contributed by atoms with van der Waals surface area (Å²) in [6, 6.07) is 9.14. The second-order valence-corrected chi connectivity index (χ2v) is 5.88. The molecule has 1 unspecified atom stereocenters. The molecule has 0 bridgehead atoms. The topological polar surface area (TPSA) is 29.9 Å². The van der Waals surface area contributed by atoms with Crippen LogP contribution in [0.3, 0.4) is 0 Å². The highest BCUT2D eigenvalue weighted by molar-refractivity contribution is 5.75. The van der Waals surface area contributed by atoms with Crippen molar-refractivity contribution in [3.63, 3.8) is 0 Å². The van der Waals surface area contributed by atoms with E-state index in [1.165, 1.54) is 24.2 Å². The van der Waals surface area contributed by atoms with Crippen LogP contribution in [0.5, 0.6) is 0 Å². The molecule has 1 atom stereocenters. The Hall–Kier alpha value is -1.35. The predicted octanol–water partition coefficient (Wildman–Crippen LogP) is 3.38. The number of rotatable bonds is 7. The summed E-state index contributed by atoms with van der Waals surface area (Å²) >= 11 is 0. The quantitative estimate of drug-likeness (QED) is 0.836.